The minimum absolute atomic E-state index is 0.0286. The van der Waals surface area contributed by atoms with Gasteiger partial charge in [0.15, 0.2) is 5.58 Å². The van der Waals surface area contributed by atoms with Crippen LogP contribution < -0.4 is 4.90 Å². The summed E-state index contributed by atoms with van der Waals surface area (Å²) >= 11 is 0. The van der Waals surface area contributed by atoms with Crippen LogP contribution in [0.3, 0.4) is 0 Å². The van der Waals surface area contributed by atoms with E-state index in [9.17, 15) is 0 Å². The Labute approximate surface area is 274 Å². The molecular formula is C44H32N2O. The summed E-state index contributed by atoms with van der Waals surface area (Å²) in [7, 11) is 0. The highest BCUT2D eigenvalue weighted by Crippen LogP contribution is 2.52. The van der Waals surface area contributed by atoms with E-state index in [-0.39, 0.29) is 5.41 Å². The molecule has 8 aromatic rings. The van der Waals surface area contributed by atoms with E-state index in [1.165, 1.54) is 33.4 Å². The van der Waals surface area contributed by atoms with Gasteiger partial charge in [0, 0.05) is 33.4 Å². The van der Waals surface area contributed by atoms with Crippen LogP contribution in [0.25, 0.3) is 55.6 Å². The van der Waals surface area contributed by atoms with E-state index >= 15 is 0 Å². The third-order valence-corrected chi connectivity index (χ3v) is 9.70. The van der Waals surface area contributed by atoms with Gasteiger partial charge in [-0.2, -0.15) is 0 Å². The van der Waals surface area contributed by atoms with Crippen LogP contribution in [0, 0.1) is 0 Å². The van der Waals surface area contributed by atoms with Crippen molar-refractivity contribution in [2.75, 3.05) is 4.90 Å². The molecule has 0 saturated heterocycles. The minimum atomic E-state index is -0.0286. The molecule has 0 unspecified atom stereocenters. The maximum atomic E-state index is 6.23. The van der Waals surface area contributed by atoms with Crippen LogP contribution >= 0.6 is 0 Å². The van der Waals surface area contributed by atoms with Gasteiger partial charge in [-0.3, -0.25) is 0 Å². The fraction of sp³-hybridized carbons (Fsp3) is 0.0682. The Morgan fingerprint density at radius 2 is 1.17 bits per heavy atom. The quantitative estimate of drug-likeness (QED) is 0.196. The molecule has 224 valence electrons. The molecule has 0 radical (unpaired) electrons. The molecule has 9 rings (SSSR count). The number of oxazole rings is 1. The predicted octanol–water partition coefficient (Wildman–Crippen LogP) is 12.1. The molecule has 0 saturated carbocycles. The normalized spacial score (nSPS) is 13.1. The van der Waals surface area contributed by atoms with Gasteiger partial charge in [0.05, 0.1) is 0 Å². The van der Waals surface area contributed by atoms with E-state index in [0.29, 0.717) is 5.89 Å². The zero-order valence-electron chi connectivity index (χ0n) is 26.3. The number of hydrogen-bond donors (Lipinski definition) is 0. The molecule has 7 aromatic carbocycles. The first-order valence-corrected chi connectivity index (χ1v) is 16.1. The van der Waals surface area contributed by atoms with E-state index in [2.05, 4.69) is 140 Å². The van der Waals surface area contributed by atoms with E-state index < -0.39 is 0 Å². The lowest BCUT2D eigenvalue weighted by Crippen LogP contribution is -2.14. The number of hydrogen-bond acceptors (Lipinski definition) is 3. The van der Waals surface area contributed by atoms with Crippen molar-refractivity contribution >= 4 is 38.9 Å². The second-order valence-corrected chi connectivity index (χ2v) is 12.8. The summed E-state index contributed by atoms with van der Waals surface area (Å²) in [4.78, 5) is 7.29. The molecule has 0 atom stereocenters. The molecule has 0 aliphatic heterocycles. The van der Waals surface area contributed by atoms with Crippen molar-refractivity contribution < 1.29 is 4.42 Å². The molecule has 3 heteroatoms. The Kier molecular flexibility index (Phi) is 6.16. The molecular weight excluding hydrogens is 572 g/mol. The molecule has 0 amide bonds. The zero-order chi connectivity index (χ0) is 31.5. The zero-order valence-corrected chi connectivity index (χ0v) is 26.3. The number of fused-ring (bicyclic) bond motifs is 6. The highest BCUT2D eigenvalue weighted by molar-refractivity contribution is 6.06. The average molecular weight is 605 g/mol. The highest BCUT2D eigenvalue weighted by atomic mass is 16.3. The van der Waals surface area contributed by atoms with E-state index in [0.717, 1.165) is 44.5 Å². The lowest BCUT2D eigenvalue weighted by molar-refractivity contribution is 0.620. The average Bonchev–Trinajstić information content (AvgIpc) is 3.67. The topological polar surface area (TPSA) is 29.3 Å². The Hall–Kier alpha value is -5.93. The van der Waals surface area contributed by atoms with Gasteiger partial charge in [0.2, 0.25) is 5.89 Å². The van der Waals surface area contributed by atoms with Crippen LogP contribution in [0.1, 0.15) is 25.0 Å². The summed E-state index contributed by atoms with van der Waals surface area (Å²) in [6, 6.07) is 56.0. The van der Waals surface area contributed by atoms with Crippen molar-refractivity contribution in [3.8, 4) is 33.7 Å². The Balaban J connectivity index is 1.16. The van der Waals surface area contributed by atoms with E-state index in [1.54, 1.807) is 0 Å². The minimum Gasteiger partial charge on any atom is -0.436 e. The first kappa shape index (κ1) is 27.4. The molecule has 0 bridgehead atoms. The van der Waals surface area contributed by atoms with E-state index in [4.69, 9.17) is 9.40 Å². The summed E-state index contributed by atoms with van der Waals surface area (Å²) in [6.45, 7) is 4.67. The van der Waals surface area contributed by atoms with Gasteiger partial charge in [-0.15, -0.1) is 0 Å². The number of rotatable bonds is 5. The number of benzene rings is 7. The van der Waals surface area contributed by atoms with Gasteiger partial charge in [-0.1, -0.05) is 117 Å². The van der Waals surface area contributed by atoms with Gasteiger partial charge >= 0.3 is 0 Å². The summed E-state index contributed by atoms with van der Waals surface area (Å²) in [5, 5.41) is 2.18. The third-order valence-electron chi connectivity index (χ3n) is 9.70. The van der Waals surface area contributed by atoms with Crippen molar-refractivity contribution in [2.24, 2.45) is 0 Å². The smallest absolute Gasteiger partial charge is 0.227 e. The monoisotopic (exact) mass is 604 g/mol. The third kappa shape index (κ3) is 4.39. The largest absolute Gasteiger partial charge is 0.436 e. The van der Waals surface area contributed by atoms with Crippen LogP contribution in [0.5, 0.6) is 0 Å². The van der Waals surface area contributed by atoms with Crippen molar-refractivity contribution in [2.45, 2.75) is 19.3 Å². The molecule has 3 nitrogen and oxygen atoms in total. The molecule has 0 N–H and O–H groups in total. The van der Waals surface area contributed by atoms with E-state index in [1.807, 2.05) is 36.4 Å². The Bertz CT molecular complexity index is 2420. The van der Waals surface area contributed by atoms with Gasteiger partial charge < -0.3 is 9.32 Å². The summed E-state index contributed by atoms with van der Waals surface area (Å²) < 4.78 is 6.23. The molecule has 0 spiro atoms. The molecule has 0 fully saturated rings. The highest BCUT2D eigenvalue weighted by Gasteiger charge is 2.36. The SMILES string of the molecule is CC1(C)c2ccccc2-c2c(-c3ccc(N(c4ccccc4)c4ccc5ccc6oc(-c7ccccc7)nc6c5c4)cc3)cccc21. The molecule has 47 heavy (non-hydrogen) atoms. The fourth-order valence-electron chi connectivity index (χ4n) is 7.35. The van der Waals surface area contributed by atoms with Crippen LogP contribution in [0.2, 0.25) is 0 Å². The van der Waals surface area contributed by atoms with Crippen LogP contribution in [-0.2, 0) is 5.41 Å². The van der Waals surface area contributed by atoms with Crippen molar-refractivity contribution in [1.29, 1.82) is 0 Å². The van der Waals surface area contributed by atoms with Gasteiger partial charge in [0.25, 0.3) is 0 Å². The lowest BCUT2D eigenvalue weighted by Gasteiger charge is -2.26. The van der Waals surface area contributed by atoms with Crippen molar-refractivity contribution in [1.82, 2.24) is 4.98 Å². The standard InChI is InChI=1S/C44H32N2O/c1-44(2)38-18-10-9-16-36(38)41-35(17-11-19-39(41)44)29-20-24-33(25-21-29)46(32-14-7-4-8-15-32)34-26-22-30-23-27-40-42(37(30)28-34)45-43(47-40)31-12-5-3-6-13-31/h3-28H,1-2H3. The lowest BCUT2D eigenvalue weighted by atomic mass is 9.82. The second kappa shape index (κ2) is 10.6. The van der Waals surface area contributed by atoms with Crippen molar-refractivity contribution in [3.05, 3.63) is 169 Å². The maximum Gasteiger partial charge on any atom is 0.227 e. The summed E-state index contributed by atoms with van der Waals surface area (Å²) in [6.07, 6.45) is 0. The van der Waals surface area contributed by atoms with Crippen molar-refractivity contribution in [3.63, 3.8) is 0 Å². The predicted molar refractivity (Wildman–Crippen MR) is 195 cm³/mol. The Morgan fingerprint density at radius 3 is 1.98 bits per heavy atom. The number of anilines is 3. The molecule has 1 aliphatic rings. The number of para-hydroxylation sites is 1. The van der Waals surface area contributed by atoms with Crippen LogP contribution in [0.15, 0.2) is 162 Å². The van der Waals surface area contributed by atoms with Crippen LogP contribution in [-0.4, -0.2) is 4.98 Å². The van der Waals surface area contributed by atoms with Gasteiger partial charge in [0.1, 0.15) is 5.52 Å². The first-order chi connectivity index (χ1) is 23.1. The van der Waals surface area contributed by atoms with Gasteiger partial charge in [-0.05, 0) is 93.4 Å². The molecule has 1 aromatic heterocycles. The number of nitrogens with zero attached hydrogens (tertiary/aromatic N) is 2. The summed E-state index contributed by atoms with van der Waals surface area (Å²) in [5.41, 5.74) is 13.8. The van der Waals surface area contributed by atoms with Crippen LogP contribution in [0.4, 0.5) is 17.1 Å². The first-order valence-electron chi connectivity index (χ1n) is 16.1. The Morgan fingerprint density at radius 1 is 0.532 bits per heavy atom. The number of aromatic nitrogens is 1. The second-order valence-electron chi connectivity index (χ2n) is 12.8. The maximum absolute atomic E-state index is 6.23. The summed E-state index contributed by atoms with van der Waals surface area (Å²) in [5.74, 6) is 0.632. The molecule has 1 aliphatic carbocycles. The van der Waals surface area contributed by atoms with Gasteiger partial charge in [-0.25, -0.2) is 4.98 Å². The fourth-order valence-corrected chi connectivity index (χ4v) is 7.35. The molecule has 1 heterocycles.